The highest BCUT2D eigenvalue weighted by molar-refractivity contribution is 6.30. The number of fused-ring (bicyclic) bond motifs is 1. The van der Waals surface area contributed by atoms with E-state index in [1.165, 1.54) is 5.56 Å². The summed E-state index contributed by atoms with van der Waals surface area (Å²) in [6.07, 6.45) is 0.912. The molecule has 1 aliphatic rings. The summed E-state index contributed by atoms with van der Waals surface area (Å²) >= 11 is 5.99. The largest absolute Gasteiger partial charge is 0.480 e. The third-order valence-corrected chi connectivity index (χ3v) is 4.43. The Morgan fingerprint density at radius 3 is 2.74 bits per heavy atom. The van der Waals surface area contributed by atoms with Gasteiger partial charge in [0.05, 0.1) is 6.04 Å². The second kappa shape index (κ2) is 6.63. The van der Waals surface area contributed by atoms with Crippen molar-refractivity contribution in [1.29, 1.82) is 0 Å². The molecule has 120 valence electrons. The van der Waals surface area contributed by atoms with Crippen LogP contribution in [0.4, 0.5) is 0 Å². The zero-order valence-corrected chi connectivity index (χ0v) is 14.1. The van der Waals surface area contributed by atoms with Crippen LogP contribution in [0.2, 0.25) is 5.02 Å². The van der Waals surface area contributed by atoms with Crippen LogP contribution in [0.1, 0.15) is 36.1 Å². The first kappa shape index (κ1) is 15.9. The Kier molecular flexibility index (Phi) is 4.58. The zero-order chi connectivity index (χ0) is 16.4. The Morgan fingerprint density at radius 2 is 2.04 bits per heavy atom. The average Bonchev–Trinajstić information content (AvgIpc) is 2.96. The summed E-state index contributed by atoms with van der Waals surface area (Å²) < 4.78 is 5.75. The molecule has 2 aromatic rings. The lowest BCUT2D eigenvalue weighted by molar-refractivity contribution is -0.128. The molecule has 0 aromatic heterocycles. The van der Waals surface area contributed by atoms with E-state index in [-0.39, 0.29) is 11.9 Å². The van der Waals surface area contributed by atoms with Crippen molar-refractivity contribution < 1.29 is 9.53 Å². The van der Waals surface area contributed by atoms with Crippen molar-refractivity contribution in [3.8, 4) is 5.75 Å². The van der Waals surface area contributed by atoms with Crippen LogP contribution in [0, 0.1) is 6.92 Å². The van der Waals surface area contributed by atoms with Crippen LogP contribution in [-0.2, 0) is 11.2 Å². The molecule has 1 heterocycles. The van der Waals surface area contributed by atoms with E-state index in [0.717, 1.165) is 23.3 Å². The Hall–Kier alpha value is -2.00. The van der Waals surface area contributed by atoms with Gasteiger partial charge >= 0.3 is 0 Å². The molecule has 2 atom stereocenters. The lowest BCUT2D eigenvalue weighted by Crippen LogP contribution is -2.39. The normalized spacial score (nSPS) is 17.3. The maximum atomic E-state index is 12.5. The molecule has 0 bridgehead atoms. The maximum absolute atomic E-state index is 12.5. The summed E-state index contributed by atoms with van der Waals surface area (Å²) in [6.45, 7) is 4.12. The second-order valence-electron chi connectivity index (χ2n) is 5.94. The number of benzene rings is 2. The molecule has 2 unspecified atom stereocenters. The van der Waals surface area contributed by atoms with Crippen molar-refractivity contribution in [1.82, 2.24) is 5.32 Å². The third kappa shape index (κ3) is 3.50. The summed E-state index contributed by atoms with van der Waals surface area (Å²) in [5.74, 6) is 0.669. The Bertz CT molecular complexity index is 712. The molecule has 0 saturated carbocycles. The molecule has 1 amide bonds. The quantitative estimate of drug-likeness (QED) is 0.912. The van der Waals surface area contributed by atoms with E-state index in [1.807, 2.05) is 12.1 Å². The van der Waals surface area contributed by atoms with Gasteiger partial charge in [-0.25, -0.2) is 0 Å². The van der Waals surface area contributed by atoms with Gasteiger partial charge in [-0.2, -0.15) is 0 Å². The van der Waals surface area contributed by atoms with E-state index in [4.69, 9.17) is 16.3 Å². The monoisotopic (exact) mass is 329 g/mol. The summed E-state index contributed by atoms with van der Waals surface area (Å²) in [6, 6.07) is 13.7. The molecule has 23 heavy (non-hydrogen) atoms. The number of aryl methyl sites for hydroxylation is 1. The first-order valence-electron chi connectivity index (χ1n) is 7.89. The molecule has 0 fully saturated rings. The fourth-order valence-corrected chi connectivity index (χ4v) is 3.04. The van der Waals surface area contributed by atoms with Crippen molar-refractivity contribution in [2.75, 3.05) is 0 Å². The minimum absolute atomic E-state index is 0.000926. The predicted molar refractivity (Wildman–Crippen MR) is 91.9 cm³/mol. The van der Waals surface area contributed by atoms with Crippen LogP contribution in [0.3, 0.4) is 0 Å². The molecule has 3 nitrogen and oxygen atoms in total. The average molecular weight is 330 g/mol. The summed E-state index contributed by atoms with van der Waals surface area (Å²) in [5, 5.41) is 3.76. The fraction of sp³-hybridized carbons (Fsp3) is 0.316. The van der Waals surface area contributed by atoms with Gasteiger partial charge < -0.3 is 10.1 Å². The Labute approximate surface area is 141 Å². The zero-order valence-electron chi connectivity index (χ0n) is 13.3. The van der Waals surface area contributed by atoms with Gasteiger partial charge in [0.15, 0.2) is 6.10 Å². The minimum Gasteiger partial charge on any atom is -0.480 e. The van der Waals surface area contributed by atoms with Gasteiger partial charge in [-0.05, 0) is 42.7 Å². The lowest BCUT2D eigenvalue weighted by atomic mass is 10.0. The highest BCUT2D eigenvalue weighted by Gasteiger charge is 2.30. The summed E-state index contributed by atoms with van der Waals surface area (Å²) in [5.41, 5.74) is 3.31. The van der Waals surface area contributed by atoms with E-state index >= 15 is 0 Å². The number of amides is 1. The Morgan fingerprint density at radius 1 is 1.30 bits per heavy atom. The highest BCUT2D eigenvalue weighted by Crippen LogP contribution is 2.31. The van der Waals surface area contributed by atoms with Gasteiger partial charge in [0, 0.05) is 11.4 Å². The molecular formula is C19H20ClNO2. The number of rotatable bonds is 4. The number of carbonyl (C=O) groups is 1. The minimum atomic E-state index is -0.483. The summed E-state index contributed by atoms with van der Waals surface area (Å²) in [4.78, 5) is 12.5. The van der Waals surface area contributed by atoms with Gasteiger partial charge in [-0.1, -0.05) is 48.4 Å². The van der Waals surface area contributed by atoms with Crippen LogP contribution >= 0.6 is 11.6 Å². The van der Waals surface area contributed by atoms with Crippen molar-refractivity contribution in [3.05, 3.63) is 64.2 Å². The van der Waals surface area contributed by atoms with Crippen molar-refractivity contribution in [3.63, 3.8) is 0 Å². The number of nitrogens with one attached hydrogen (secondary N) is 1. The first-order chi connectivity index (χ1) is 11.1. The molecule has 4 heteroatoms. The summed E-state index contributed by atoms with van der Waals surface area (Å²) in [7, 11) is 0. The molecule has 3 rings (SSSR count). The Balaban J connectivity index is 1.68. The first-order valence-corrected chi connectivity index (χ1v) is 8.26. The van der Waals surface area contributed by atoms with E-state index in [2.05, 4.69) is 43.4 Å². The molecule has 0 radical (unpaired) electrons. The van der Waals surface area contributed by atoms with Crippen molar-refractivity contribution in [2.45, 2.75) is 38.8 Å². The molecule has 1 N–H and O–H groups in total. The van der Waals surface area contributed by atoms with Crippen LogP contribution in [0.25, 0.3) is 0 Å². The molecule has 2 aromatic carbocycles. The predicted octanol–water partition coefficient (Wildman–Crippen LogP) is 4.22. The third-order valence-electron chi connectivity index (χ3n) is 4.19. The van der Waals surface area contributed by atoms with Crippen LogP contribution in [0.15, 0.2) is 42.5 Å². The van der Waals surface area contributed by atoms with Gasteiger partial charge in [0.2, 0.25) is 0 Å². The van der Waals surface area contributed by atoms with E-state index in [1.54, 1.807) is 6.07 Å². The molecule has 1 aliphatic heterocycles. The number of ether oxygens (including phenoxy) is 1. The van der Waals surface area contributed by atoms with E-state index in [0.29, 0.717) is 11.4 Å². The smallest absolute Gasteiger partial charge is 0.261 e. The molecular weight excluding hydrogens is 310 g/mol. The van der Waals surface area contributed by atoms with Crippen molar-refractivity contribution in [2.24, 2.45) is 0 Å². The second-order valence-corrected chi connectivity index (χ2v) is 6.38. The fourth-order valence-electron chi connectivity index (χ4n) is 2.85. The lowest BCUT2D eigenvalue weighted by Gasteiger charge is -2.20. The van der Waals surface area contributed by atoms with Gasteiger partial charge in [0.25, 0.3) is 5.91 Å². The topological polar surface area (TPSA) is 38.3 Å². The maximum Gasteiger partial charge on any atom is 0.261 e. The van der Waals surface area contributed by atoms with Crippen LogP contribution in [-0.4, -0.2) is 12.0 Å². The van der Waals surface area contributed by atoms with Crippen LogP contribution < -0.4 is 10.1 Å². The highest BCUT2D eigenvalue weighted by atomic mass is 35.5. The molecule has 0 aliphatic carbocycles. The van der Waals surface area contributed by atoms with Gasteiger partial charge in [0.1, 0.15) is 5.75 Å². The van der Waals surface area contributed by atoms with Gasteiger partial charge in [-0.3, -0.25) is 4.79 Å². The van der Waals surface area contributed by atoms with Crippen molar-refractivity contribution >= 4 is 17.5 Å². The number of halogens is 1. The number of hydrogen-bond donors (Lipinski definition) is 1. The molecule has 0 saturated heterocycles. The number of carbonyl (C=O) groups excluding carboxylic acids is 1. The standard InChI is InChI=1S/C19H20ClNO2/c1-3-16(13-6-4-12(2)5-7-13)21-19(22)18-11-14-10-15(20)8-9-17(14)23-18/h4-10,16,18H,3,11H2,1-2H3,(H,21,22). The SMILES string of the molecule is CCC(NC(=O)C1Cc2cc(Cl)ccc2O1)c1ccc(C)cc1. The molecule has 0 spiro atoms. The van der Waals surface area contributed by atoms with Crippen LogP contribution in [0.5, 0.6) is 5.75 Å². The van der Waals surface area contributed by atoms with Gasteiger partial charge in [-0.15, -0.1) is 0 Å². The van der Waals surface area contributed by atoms with E-state index in [9.17, 15) is 4.79 Å². The van der Waals surface area contributed by atoms with E-state index < -0.39 is 6.10 Å². The number of hydrogen-bond acceptors (Lipinski definition) is 2.